The fraction of sp³-hybridized carbons (Fsp3) is 0.500. The Labute approximate surface area is 57.9 Å². The fourth-order valence-electron chi connectivity index (χ4n) is 0.263. The standard InChI is InChI=1S/C4H6N2O2S/c5-2-6-3(1-9)4(7)8/h3,6,9H,1H2,(H,7,8). The predicted octanol–water partition coefficient (Wildman–Crippen LogP) is -0.560. The van der Waals surface area contributed by atoms with Crippen molar-refractivity contribution in [2.75, 3.05) is 5.75 Å². The number of aliphatic carboxylic acids is 1. The third-order valence-corrected chi connectivity index (χ3v) is 1.08. The van der Waals surface area contributed by atoms with E-state index in [1.165, 1.54) is 6.19 Å². The molecule has 0 radical (unpaired) electrons. The van der Waals surface area contributed by atoms with Gasteiger partial charge in [-0.15, -0.1) is 0 Å². The molecule has 0 saturated heterocycles. The van der Waals surface area contributed by atoms with Gasteiger partial charge in [-0.1, -0.05) is 0 Å². The molecule has 9 heavy (non-hydrogen) atoms. The molecule has 0 aromatic heterocycles. The molecule has 1 unspecified atom stereocenters. The zero-order chi connectivity index (χ0) is 7.28. The quantitative estimate of drug-likeness (QED) is 0.283. The lowest BCUT2D eigenvalue weighted by atomic mass is 10.3. The minimum absolute atomic E-state index is 0.114. The van der Waals surface area contributed by atoms with Gasteiger partial charge in [0.05, 0.1) is 0 Å². The molecule has 50 valence electrons. The Balaban J connectivity index is 3.71. The van der Waals surface area contributed by atoms with Crippen LogP contribution in [0.15, 0.2) is 0 Å². The number of nitrogens with zero attached hydrogens (tertiary/aromatic N) is 1. The smallest absolute Gasteiger partial charge is 0.327 e. The van der Waals surface area contributed by atoms with Crippen molar-refractivity contribution >= 4 is 18.6 Å². The zero-order valence-electron chi connectivity index (χ0n) is 4.53. The number of carbonyl (C=O) groups is 1. The Bertz CT molecular complexity index is 142. The summed E-state index contributed by atoms with van der Waals surface area (Å²) >= 11 is 3.69. The van der Waals surface area contributed by atoms with Gasteiger partial charge >= 0.3 is 5.97 Å². The molecule has 0 amide bonds. The van der Waals surface area contributed by atoms with Gasteiger partial charge in [-0.2, -0.15) is 17.9 Å². The molecule has 4 nitrogen and oxygen atoms in total. The summed E-state index contributed by atoms with van der Waals surface area (Å²) in [4.78, 5) is 10.1. The summed E-state index contributed by atoms with van der Waals surface area (Å²) in [5.74, 6) is -0.949. The molecule has 0 spiro atoms. The number of carboxylic acids is 1. The van der Waals surface area contributed by atoms with E-state index < -0.39 is 12.0 Å². The van der Waals surface area contributed by atoms with E-state index in [1.807, 2.05) is 0 Å². The van der Waals surface area contributed by atoms with Crippen molar-refractivity contribution in [1.82, 2.24) is 5.32 Å². The van der Waals surface area contributed by atoms with E-state index in [-0.39, 0.29) is 5.75 Å². The highest BCUT2D eigenvalue weighted by Gasteiger charge is 2.12. The van der Waals surface area contributed by atoms with E-state index >= 15 is 0 Å². The molecular formula is C4H6N2O2S. The predicted molar refractivity (Wildman–Crippen MR) is 34.0 cm³/mol. The summed E-state index contributed by atoms with van der Waals surface area (Å²) in [6, 6.07) is -0.863. The maximum absolute atomic E-state index is 10.1. The van der Waals surface area contributed by atoms with Crippen molar-refractivity contribution in [3.63, 3.8) is 0 Å². The molecule has 0 aliphatic heterocycles. The highest BCUT2D eigenvalue weighted by molar-refractivity contribution is 7.80. The summed E-state index contributed by atoms with van der Waals surface area (Å²) in [5, 5.41) is 18.3. The van der Waals surface area contributed by atoms with E-state index in [1.54, 1.807) is 0 Å². The van der Waals surface area contributed by atoms with Crippen LogP contribution in [0.3, 0.4) is 0 Å². The van der Waals surface area contributed by atoms with Crippen LogP contribution in [0.25, 0.3) is 0 Å². The molecule has 0 rings (SSSR count). The lowest BCUT2D eigenvalue weighted by molar-refractivity contribution is -0.138. The third-order valence-electron chi connectivity index (χ3n) is 0.719. The van der Waals surface area contributed by atoms with Gasteiger partial charge in [-0.05, 0) is 0 Å². The van der Waals surface area contributed by atoms with Crippen LogP contribution in [0.4, 0.5) is 0 Å². The van der Waals surface area contributed by atoms with Crippen LogP contribution in [0.5, 0.6) is 0 Å². The lowest BCUT2D eigenvalue weighted by Gasteiger charge is -2.03. The largest absolute Gasteiger partial charge is 0.480 e. The lowest BCUT2D eigenvalue weighted by Crippen LogP contribution is -2.34. The second-order valence-electron chi connectivity index (χ2n) is 1.33. The monoisotopic (exact) mass is 146 g/mol. The van der Waals surface area contributed by atoms with Crippen molar-refractivity contribution in [3.8, 4) is 6.19 Å². The van der Waals surface area contributed by atoms with E-state index in [9.17, 15) is 4.79 Å². The molecule has 0 aromatic carbocycles. The first-order valence-corrected chi connectivity index (χ1v) is 2.84. The van der Waals surface area contributed by atoms with Crippen LogP contribution < -0.4 is 5.32 Å². The molecule has 0 bridgehead atoms. The highest BCUT2D eigenvalue weighted by Crippen LogP contribution is 1.85. The highest BCUT2D eigenvalue weighted by atomic mass is 32.1. The van der Waals surface area contributed by atoms with Crippen LogP contribution in [0.2, 0.25) is 0 Å². The molecule has 0 saturated carbocycles. The topological polar surface area (TPSA) is 73.1 Å². The Hall–Kier alpha value is -0.890. The zero-order valence-corrected chi connectivity index (χ0v) is 5.43. The Morgan fingerprint density at radius 3 is 2.67 bits per heavy atom. The van der Waals surface area contributed by atoms with Gasteiger partial charge in [0.25, 0.3) is 0 Å². The van der Waals surface area contributed by atoms with Crippen LogP contribution in [-0.2, 0) is 4.79 Å². The summed E-state index contributed by atoms with van der Waals surface area (Å²) in [5.41, 5.74) is 0. The molecule has 1 atom stereocenters. The average molecular weight is 146 g/mol. The van der Waals surface area contributed by atoms with Crippen LogP contribution in [0.1, 0.15) is 0 Å². The van der Waals surface area contributed by atoms with Gasteiger partial charge in [0.1, 0.15) is 6.04 Å². The number of hydrogen-bond acceptors (Lipinski definition) is 4. The van der Waals surface area contributed by atoms with Crippen molar-refractivity contribution < 1.29 is 9.90 Å². The van der Waals surface area contributed by atoms with Crippen LogP contribution >= 0.6 is 12.6 Å². The first kappa shape index (κ1) is 8.11. The molecule has 0 aliphatic rings. The number of carboxylic acid groups (broad SMARTS) is 1. The van der Waals surface area contributed by atoms with Gasteiger partial charge in [0.2, 0.25) is 0 Å². The van der Waals surface area contributed by atoms with Gasteiger partial charge in [0, 0.05) is 5.75 Å². The fourth-order valence-corrected chi connectivity index (χ4v) is 0.511. The Morgan fingerprint density at radius 1 is 2.00 bits per heavy atom. The van der Waals surface area contributed by atoms with E-state index in [2.05, 4.69) is 17.9 Å². The van der Waals surface area contributed by atoms with E-state index in [0.29, 0.717) is 0 Å². The normalized spacial score (nSPS) is 11.6. The third kappa shape index (κ3) is 2.82. The first-order valence-electron chi connectivity index (χ1n) is 2.20. The number of nitrogens with one attached hydrogen (secondary N) is 1. The molecular weight excluding hydrogens is 140 g/mol. The van der Waals surface area contributed by atoms with Gasteiger partial charge in [-0.3, -0.25) is 0 Å². The molecule has 5 heteroatoms. The number of rotatable bonds is 3. The molecule has 0 heterocycles. The SMILES string of the molecule is N#CNC(CS)C(=O)O. The molecule has 0 aliphatic carbocycles. The number of hydrogen-bond donors (Lipinski definition) is 3. The average Bonchev–Trinajstić information content (AvgIpc) is 1.82. The van der Waals surface area contributed by atoms with Crippen LogP contribution in [-0.4, -0.2) is 22.9 Å². The second-order valence-corrected chi connectivity index (χ2v) is 1.69. The summed E-state index contributed by atoms with van der Waals surface area (Å²) in [6.07, 6.45) is 1.52. The minimum atomic E-state index is -1.06. The minimum Gasteiger partial charge on any atom is -0.480 e. The molecule has 0 aromatic rings. The summed E-state index contributed by atoms with van der Waals surface area (Å²) < 4.78 is 0. The van der Waals surface area contributed by atoms with Gasteiger partial charge < -0.3 is 10.4 Å². The van der Waals surface area contributed by atoms with Crippen LogP contribution in [0, 0.1) is 11.5 Å². The van der Waals surface area contributed by atoms with E-state index in [0.717, 1.165) is 0 Å². The maximum atomic E-state index is 10.1. The van der Waals surface area contributed by atoms with Gasteiger partial charge in [0.15, 0.2) is 6.19 Å². The number of nitriles is 1. The summed E-state index contributed by atoms with van der Waals surface area (Å²) in [6.45, 7) is 0. The maximum Gasteiger partial charge on any atom is 0.327 e. The Morgan fingerprint density at radius 2 is 2.56 bits per heavy atom. The molecule has 0 fully saturated rings. The van der Waals surface area contributed by atoms with Crippen molar-refractivity contribution in [1.29, 1.82) is 5.26 Å². The second kappa shape index (κ2) is 4.04. The summed E-state index contributed by atoms with van der Waals surface area (Å²) in [7, 11) is 0. The van der Waals surface area contributed by atoms with E-state index in [4.69, 9.17) is 10.4 Å². The van der Waals surface area contributed by atoms with Crippen molar-refractivity contribution in [3.05, 3.63) is 0 Å². The Kier molecular flexibility index (Phi) is 3.64. The van der Waals surface area contributed by atoms with Gasteiger partial charge in [-0.25, -0.2) is 4.79 Å². The van der Waals surface area contributed by atoms with Crippen molar-refractivity contribution in [2.24, 2.45) is 0 Å². The first-order chi connectivity index (χ1) is 4.22. The molecule has 2 N–H and O–H groups in total. The number of thiol groups is 1. The van der Waals surface area contributed by atoms with Crippen molar-refractivity contribution in [2.45, 2.75) is 6.04 Å².